The highest BCUT2D eigenvalue weighted by atomic mass is 16.5. The molecule has 1 aromatic carbocycles. The van der Waals surface area contributed by atoms with E-state index >= 15 is 0 Å². The van der Waals surface area contributed by atoms with Gasteiger partial charge < -0.3 is 10.1 Å². The summed E-state index contributed by atoms with van der Waals surface area (Å²) in [5, 5.41) is 20.8. The molecule has 0 unspecified atom stereocenters. The SMILES string of the molecule is CC1(COc2ccnc3[nH]nc(-c4cccc(C#N)c4)c23)CCNCC1. The van der Waals surface area contributed by atoms with Gasteiger partial charge in [0.05, 0.1) is 23.6 Å². The highest BCUT2D eigenvalue weighted by Gasteiger charge is 2.28. The third kappa shape index (κ3) is 3.14. The lowest BCUT2D eigenvalue weighted by Crippen LogP contribution is -2.38. The van der Waals surface area contributed by atoms with Gasteiger partial charge in [0, 0.05) is 17.2 Å². The molecule has 132 valence electrons. The Hall–Kier alpha value is -2.91. The van der Waals surface area contributed by atoms with Gasteiger partial charge in [-0.25, -0.2) is 4.98 Å². The Kier molecular flexibility index (Phi) is 4.31. The van der Waals surface area contributed by atoms with Gasteiger partial charge in [-0.3, -0.25) is 5.10 Å². The molecule has 26 heavy (non-hydrogen) atoms. The van der Waals surface area contributed by atoms with Crippen LogP contribution >= 0.6 is 0 Å². The van der Waals surface area contributed by atoms with Crippen LogP contribution in [0.5, 0.6) is 5.75 Å². The minimum atomic E-state index is 0.172. The van der Waals surface area contributed by atoms with Gasteiger partial charge in [-0.1, -0.05) is 19.1 Å². The summed E-state index contributed by atoms with van der Waals surface area (Å²) in [5.74, 6) is 0.779. The smallest absolute Gasteiger partial charge is 0.159 e. The summed E-state index contributed by atoms with van der Waals surface area (Å²) >= 11 is 0. The van der Waals surface area contributed by atoms with Crippen LogP contribution in [-0.4, -0.2) is 34.9 Å². The molecule has 6 heteroatoms. The first-order valence-electron chi connectivity index (χ1n) is 8.86. The number of pyridine rings is 1. The first-order chi connectivity index (χ1) is 12.7. The van der Waals surface area contributed by atoms with Crippen molar-refractivity contribution in [3.8, 4) is 23.1 Å². The Labute approximate surface area is 152 Å². The molecule has 1 fully saturated rings. The van der Waals surface area contributed by atoms with E-state index in [0.29, 0.717) is 17.8 Å². The fourth-order valence-electron chi connectivity index (χ4n) is 3.41. The lowest BCUT2D eigenvalue weighted by atomic mass is 9.82. The van der Waals surface area contributed by atoms with Crippen LogP contribution in [0.4, 0.5) is 0 Å². The van der Waals surface area contributed by atoms with Crippen molar-refractivity contribution in [2.75, 3.05) is 19.7 Å². The number of piperidine rings is 1. The molecule has 3 aromatic rings. The van der Waals surface area contributed by atoms with Gasteiger partial charge in [0.25, 0.3) is 0 Å². The maximum Gasteiger partial charge on any atom is 0.159 e. The van der Waals surface area contributed by atoms with Crippen molar-refractivity contribution >= 4 is 11.0 Å². The zero-order chi connectivity index (χ0) is 18.0. The molecule has 0 amide bonds. The maximum absolute atomic E-state index is 9.16. The van der Waals surface area contributed by atoms with Crippen molar-refractivity contribution in [3.05, 3.63) is 42.1 Å². The summed E-state index contributed by atoms with van der Waals surface area (Å²) in [6, 6.07) is 11.5. The number of nitriles is 1. The molecule has 1 aliphatic heterocycles. The van der Waals surface area contributed by atoms with Crippen molar-refractivity contribution < 1.29 is 4.74 Å². The first-order valence-corrected chi connectivity index (χ1v) is 8.86. The van der Waals surface area contributed by atoms with Crippen LogP contribution in [-0.2, 0) is 0 Å². The molecule has 0 radical (unpaired) electrons. The first kappa shape index (κ1) is 16.6. The Bertz CT molecular complexity index is 966. The van der Waals surface area contributed by atoms with Crippen molar-refractivity contribution in [1.29, 1.82) is 5.26 Å². The summed E-state index contributed by atoms with van der Waals surface area (Å²) in [4.78, 5) is 4.37. The van der Waals surface area contributed by atoms with Gasteiger partial charge in [0.15, 0.2) is 5.65 Å². The van der Waals surface area contributed by atoms with Crippen LogP contribution in [0.2, 0.25) is 0 Å². The van der Waals surface area contributed by atoms with Crippen molar-refractivity contribution in [2.24, 2.45) is 5.41 Å². The number of ether oxygens (including phenoxy) is 1. The Balaban J connectivity index is 1.69. The number of aromatic nitrogens is 3. The Morgan fingerprint density at radius 3 is 2.92 bits per heavy atom. The quantitative estimate of drug-likeness (QED) is 0.756. The van der Waals surface area contributed by atoms with E-state index in [0.717, 1.165) is 48.3 Å². The largest absolute Gasteiger partial charge is 0.492 e. The predicted molar refractivity (Wildman–Crippen MR) is 99.7 cm³/mol. The van der Waals surface area contributed by atoms with Crippen LogP contribution in [0.25, 0.3) is 22.3 Å². The standard InChI is InChI=1S/C20H21N5O/c1-20(6-9-22-10-7-20)13-26-16-5-8-23-19-17(16)18(24-25-19)15-4-2-3-14(11-15)12-21/h2-5,8,11,22H,6-7,9-10,13H2,1H3,(H,23,24,25). The third-order valence-corrected chi connectivity index (χ3v) is 5.08. The molecular weight excluding hydrogens is 326 g/mol. The number of hydrogen-bond acceptors (Lipinski definition) is 5. The fraction of sp³-hybridized carbons (Fsp3) is 0.350. The van der Waals surface area contributed by atoms with E-state index in [1.807, 2.05) is 24.3 Å². The van der Waals surface area contributed by atoms with E-state index in [1.165, 1.54) is 0 Å². The zero-order valence-electron chi connectivity index (χ0n) is 14.7. The van der Waals surface area contributed by atoms with E-state index in [-0.39, 0.29) is 5.41 Å². The number of fused-ring (bicyclic) bond motifs is 1. The Morgan fingerprint density at radius 1 is 1.27 bits per heavy atom. The van der Waals surface area contributed by atoms with Crippen molar-refractivity contribution in [3.63, 3.8) is 0 Å². The second-order valence-corrected chi connectivity index (χ2v) is 7.15. The van der Waals surface area contributed by atoms with Crippen LogP contribution in [0, 0.1) is 16.7 Å². The summed E-state index contributed by atoms with van der Waals surface area (Å²) in [7, 11) is 0. The summed E-state index contributed by atoms with van der Waals surface area (Å²) < 4.78 is 6.25. The fourth-order valence-corrected chi connectivity index (χ4v) is 3.41. The number of hydrogen-bond donors (Lipinski definition) is 2. The number of nitrogens with one attached hydrogen (secondary N) is 2. The van der Waals surface area contributed by atoms with Crippen LogP contribution in [0.15, 0.2) is 36.5 Å². The van der Waals surface area contributed by atoms with Gasteiger partial charge in [-0.2, -0.15) is 10.4 Å². The van der Waals surface area contributed by atoms with Gasteiger partial charge in [-0.05, 0) is 44.1 Å². The number of H-pyrrole nitrogens is 1. The van der Waals surface area contributed by atoms with E-state index in [2.05, 4.69) is 33.5 Å². The minimum Gasteiger partial charge on any atom is -0.492 e. The molecule has 0 saturated carbocycles. The number of aromatic amines is 1. The average Bonchev–Trinajstić information content (AvgIpc) is 3.12. The predicted octanol–water partition coefficient (Wildman–Crippen LogP) is 3.27. The zero-order valence-corrected chi connectivity index (χ0v) is 14.7. The molecule has 0 bridgehead atoms. The summed E-state index contributed by atoms with van der Waals surface area (Å²) in [5.41, 5.74) is 3.10. The molecule has 3 heterocycles. The van der Waals surface area contributed by atoms with Gasteiger partial charge >= 0.3 is 0 Å². The normalized spacial score (nSPS) is 16.3. The van der Waals surface area contributed by atoms with Crippen molar-refractivity contribution in [2.45, 2.75) is 19.8 Å². The molecule has 1 aliphatic rings. The second-order valence-electron chi connectivity index (χ2n) is 7.15. The van der Waals surface area contributed by atoms with Gasteiger partial charge in [-0.15, -0.1) is 0 Å². The molecule has 4 rings (SSSR count). The molecule has 6 nitrogen and oxygen atoms in total. The second kappa shape index (κ2) is 6.77. The van der Waals surface area contributed by atoms with Crippen LogP contribution in [0.3, 0.4) is 0 Å². The highest BCUT2D eigenvalue weighted by molar-refractivity contribution is 5.95. The maximum atomic E-state index is 9.16. The summed E-state index contributed by atoms with van der Waals surface area (Å²) in [6.07, 6.45) is 3.93. The van der Waals surface area contributed by atoms with E-state index in [1.54, 1.807) is 12.3 Å². The highest BCUT2D eigenvalue weighted by Crippen LogP contribution is 2.35. The summed E-state index contributed by atoms with van der Waals surface area (Å²) in [6.45, 7) is 5.00. The molecule has 2 N–H and O–H groups in total. The molecular formula is C20H21N5O. The van der Waals surface area contributed by atoms with E-state index in [9.17, 15) is 0 Å². The topological polar surface area (TPSA) is 86.6 Å². The number of nitrogens with zero attached hydrogens (tertiary/aromatic N) is 3. The Morgan fingerprint density at radius 2 is 2.12 bits per heavy atom. The average molecular weight is 347 g/mol. The van der Waals surface area contributed by atoms with Gasteiger partial charge in [0.1, 0.15) is 11.4 Å². The molecule has 0 spiro atoms. The lowest BCUT2D eigenvalue weighted by Gasteiger charge is -2.33. The molecule has 0 atom stereocenters. The van der Waals surface area contributed by atoms with Crippen LogP contribution < -0.4 is 10.1 Å². The van der Waals surface area contributed by atoms with E-state index < -0.39 is 0 Å². The number of rotatable bonds is 4. The lowest BCUT2D eigenvalue weighted by molar-refractivity contribution is 0.124. The molecule has 2 aromatic heterocycles. The van der Waals surface area contributed by atoms with Gasteiger partial charge in [0.2, 0.25) is 0 Å². The monoisotopic (exact) mass is 347 g/mol. The third-order valence-electron chi connectivity index (χ3n) is 5.08. The van der Waals surface area contributed by atoms with E-state index in [4.69, 9.17) is 10.00 Å². The number of benzene rings is 1. The minimum absolute atomic E-state index is 0.172. The molecule has 1 saturated heterocycles. The molecule has 0 aliphatic carbocycles. The van der Waals surface area contributed by atoms with Crippen molar-refractivity contribution in [1.82, 2.24) is 20.5 Å². The van der Waals surface area contributed by atoms with Crippen LogP contribution in [0.1, 0.15) is 25.3 Å².